The normalized spacial score (nSPS) is 14.8. The minimum Gasteiger partial charge on any atom is -0.385 e. The Morgan fingerprint density at radius 2 is 2.21 bits per heavy atom. The standard InChI is InChI=1S/C8H9BrN2O3/c9-5-3-4(1-2-11-5)6(12)7(13)8(10)14/h1-3,6-7,12-13H,(H2,10,14). The van der Waals surface area contributed by atoms with E-state index >= 15 is 0 Å². The van der Waals surface area contributed by atoms with Gasteiger partial charge < -0.3 is 15.9 Å². The van der Waals surface area contributed by atoms with Crippen LogP contribution in [0.25, 0.3) is 0 Å². The molecule has 14 heavy (non-hydrogen) atoms. The minimum absolute atomic E-state index is 0.373. The molecule has 0 saturated heterocycles. The predicted octanol–water partition coefficient (Wildman–Crippen LogP) is -0.276. The van der Waals surface area contributed by atoms with E-state index in [0.717, 1.165) is 0 Å². The molecule has 1 aromatic heterocycles. The van der Waals surface area contributed by atoms with Gasteiger partial charge in [0.15, 0.2) is 6.10 Å². The Bertz CT molecular complexity index is 345. The maximum absolute atomic E-state index is 10.6. The number of pyridine rings is 1. The van der Waals surface area contributed by atoms with E-state index in [4.69, 9.17) is 5.73 Å². The molecule has 76 valence electrons. The first-order valence-electron chi connectivity index (χ1n) is 3.79. The van der Waals surface area contributed by atoms with Gasteiger partial charge in [0, 0.05) is 6.20 Å². The minimum atomic E-state index is -1.61. The summed E-state index contributed by atoms with van der Waals surface area (Å²) in [6.07, 6.45) is -1.49. The Morgan fingerprint density at radius 1 is 1.57 bits per heavy atom. The highest BCUT2D eigenvalue weighted by atomic mass is 79.9. The van der Waals surface area contributed by atoms with Crippen molar-refractivity contribution >= 4 is 21.8 Å². The molecule has 0 aliphatic carbocycles. The zero-order valence-corrected chi connectivity index (χ0v) is 8.68. The van der Waals surface area contributed by atoms with Crippen molar-refractivity contribution in [2.45, 2.75) is 12.2 Å². The van der Waals surface area contributed by atoms with E-state index in [9.17, 15) is 15.0 Å². The summed E-state index contributed by atoms with van der Waals surface area (Å²) in [4.78, 5) is 14.4. The highest BCUT2D eigenvalue weighted by Crippen LogP contribution is 2.18. The van der Waals surface area contributed by atoms with Crippen LogP contribution >= 0.6 is 15.9 Å². The number of carbonyl (C=O) groups is 1. The van der Waals surface area contributed by atoms with Gasteiger partial charge in [-0.05, 0) is 33.6 Å². The van der Waals surface area contributed by atoms with Gasteiger partial charge in [-0.15, -0.1) is 0 Å². The maximum atomic E-state index is 10.6. The molecule has 1 rings (SSSR count). The number of amides is 1. The molecule has 0 aromatic carbocycles. The van der Waals surface area contributed by atoms with Crippen molar-refractivity contribution in [3.05, 3.63) is 28.5 Å². The fourth-order valence-corrected chi connectivity index (χ4v) is 1.32. The molecule has 0 aliphatic rings. The first-order chi connectivity index (χ1) is 6.52. The van der Waals surface area contributed by atoms with Crippen molar-refractivity contribution in [3.8, 4) is 0 Å². The van der Waals surface area contributed by atoms with Gasteiger partial charge in [0.2, 0.25) is 5.91 Å². The van der Waals surface area contributed by atoms with Crippen LogP contribution in [0.15, 0.2) is 22.9 Å². The van der Waals surface area contributed by atoms with Crippen LogP contribution in [0.5, 0.6) is 0 Å². The number of nitrogens with zero attached hydrogens (tertiary/aromatic N) is 1. The number of aliphatic hydroxyl groups is 2. The van der Waals surface area contributed by atoms with Crippen LogP contribution in [-0.2, 0) is 4.79 Å². The molecule has 0 fully saturated rings. The third-order valence-corrected chi connectivity index (χ3v) is 2.12. The smallest absolute Gasteiger partial charge is 0.249 e. The third-order valence-electron chi connectivity index (χ3n) is 1.68. The second-order valence-corrected chi connectivity index (χ2v) is 3.52. The molecular weight excluding hydrogens is 252 g/mol. The van der Waals surface area contributed by atoms with Crippen molar-refractivity contribution in [1.82, 2.24) is 4.98 Å². The number of nitrogens with two attached hydrogens (primary N) is 1. The van der Waals surface area contributed by atoms with Gasteiger partial charge in [-0.1, -0.05) is 0 Å². The third kappa shape index (κ3) is 2.50. The van der Waals surface area contributed by atoms with Crippen LogP contribution in [0, 0.1) is 0 Å². The van der Waals surface area contributed by atoms with E-state index in [1.54, 1.807) is 0 Å². The lowest BCUT2D eigenvalue weighted by molar-refractivity contribution is -0.131. The number of primary amides is 1. The summed E-state index contributed by atoms with van der Waals surface area (Å²) < 4.78 is 0.505. The molecule has 6 heteroatoms. The van der Waals surface area contributed by atoms with E-state index in [2.05, 4.69) is 20.9 Å². The zero-order valence-electron chi connectivity index (χ0n) is 7.09. The van der Waals surface area contributed by atoms with Gasteiger partial charge in [0.05, 0.1) is 0 Å². The molecule has 2 atom stereocenters. The molecule has 0 saturated carbocycles. The molecule has 0 bridgehead atoms. The van der Waals surface area contributed by atoms with Crippen LogP contribution < -0.4 is 5.73 Å². The molecule has 1 heterocycles. The van der Waals surface area contributed by atoms with Crippen molar-refractivity contribution in [3.63, 3.8) is 0 Å². The van der Waals surface area contributed by atoms with Crippen LogP contribution in [-0.4, -0.2) is 27.2 Å². The lowest BCUT2D eigenvalue weighted by Gasteiger charge is -2.14. The maximum Gasteiger partial charge on any atom is 0.249 e. The fraction of sp³-hybridized carbons (Fsp3) is 0.250. The van der Waals surface area contributed by atoms with Gasteiger partial charge in [0.25, 0.3) is 0 Å². The summed E-state index contributed by atoms with van der Waals surface area (Å²) in [6, 6.07) is 2.98. The Hall–Kier alpha value is -0.980. The van der Waals surface area contributed by atoms with Gasteiger partial charge in [-0.3, -0.25) is 4.79 Å². The molecular formula is C8H9BrN2O3. The van der Waals surface area contributed by atoms with Gasteiger partial charge in [-0.2, -0.15) is 0 Å². The van der Waals surface area contributed by atoms with Gasteiger partial charge in [-0.25, -0.2) is 4.98 Å². The average molecular weight is 261 g/mol. The van der Waals surface area contributed by atoms with Crippen LogP contribution in [0.3, 0.4) is 0 Å². The summed E-state index contributed by atoms with van der Waals surface area (Å²) in [5.74, 6) is -0.967. The molecule has 1 aromatic rings. The molecule has 1 amide bonds. The Balaban J connectivity index is 2.89. The van der Waals surface area contributed by atoms with Crippen LogP contribution in [0.1, 0.15) is 11.7 Å². The van der Waals surface area contributed by atoms with Crippen molar-refractivity contribution in [2.75, 3.05) is 0 Å². The van der Waals surface area contributed by atoms with Crippen LogP contribution in [0.4, 0.5) is 0 Å². The van der Waals surface area contributed by atoms with Gasteiger partial charge >= 0.3 is 0 Å². The van der Waals surface area contributed by atoms with E-state index in [1.165, 1.54) is 18.3 Å². The lowest BCUT2D eigenvalue weighted by Crippen LogP contribution is -2.33. The zero-order chi connectivity index (χ0) is 10.7. The monoisotopic (exact) mass is 260 g/mol. The van der Waals surface area contributed by atoms with Crippen molar-refractivity contribution in [1.29, 1.82) is 0 Å². The lowest BCUT2D eigenvalue weighted by atomic mass is 10.1. The first-order valence-corrected chi connectivity index (χ1v) is 4.58. The van der Waals surface area contributed by atoms with E-state index in [0.29, 0.717) is 10.2 Å². The summed E-state index contributed by atoms with van der Waals surface area (Å²) in [7, 11) is 0. The summed E-state index contributed by atoms with van der Waals surface area (Å²) in [6.45, 7) is 0. The number of aromatic nitrogens is 1. The highest BCUT2D eigenvalue weighted by Gasteiger charge is 2.23. The number of rotatable bonds is 3. The molecule has 0 spiro atoms. The quantitative estimate of drug-likeness (QED) is 0.652. The largest absolute Gasteiger partial charge is 0.385 e. The van der Waals surface area contributed by atoms with Gasteiger partial charge in [0.1, 0.15) is 10.7 Å². The molecule has 2 unspecified atom stereocenters. The summed E-state index contributed by atoms with van der Waals surface area (Å²) in [5, 5.41) is 18.7. The van der Waals surface area contributed by atoms with Crippen molar-refractivity contribution < 1.29 is 15.0 Å². The number of aliphatic hydroxyl groups excluding tert-OH is 2. The van der Waals surface area contributed by atoms with E-state index in [1.807, 2.05) is 0 Å². The van der Waals surface area contributed by atoms with E-state index in [-0.39, 0.29) is 0 Å². The number of hydrogen-bond donors (Lipinski definition) is 3. The number of hydrogen-bond acceptors (Lipinski definition) is 4. The average Bonchev–Trinajstić information content (AvgIpc) is 2.15. The first kappa shape index (κ1) is 11.1. The molecule has 5 nitrogen and oxygen atoms in total. The topological polar surface area (TPSA) is 96.4 Å². The van der Waals surface area contributed by atoms with E-state index < -0.39 is 18.1 Å². The second kappa shape index (κ2) is 4.50. The summed E-state index contributed by atoms with van der Waals surface area (Å²) in [5.41, 5.74) is 5.21. The van der Waals surface area contributed by atoms with Crippen molar-refractivity contribution in [2.24, 2.45) is 5.73 Å². The molecule has 0 aliphatic heterocycles. The Kier molecular flexibility index (Phi) is 3.56. The highest BCUT2D eigenvalue weighted by molar-refractivity contribution is 9.10. The second-order valence-electron chi connectivity index (χ2n) is 2.70. The fourth-order valence-electron chi connectivity index (χ4n) is 0.939. The summed E-state index contributed by atoms with van der Waals surface area (Å²) >= 11 is 3.10. The predicted molar refractivity (Wildman–Crippen MR) is 52.1 cm³/mol. The Labute approximate surface area is 88.7 Å². The molecule has 4 N–H and O–H groups in total. The SMILES string of the molecule is NC(=O)C(O)C(O)c1ccnc(Br)c1. The number of carbonyl (C=O) groups excluding carboxylic acids is 1. The van der Waals surface area contributed by atoms with Crippen LogP contribution in [0.2, 0.25) is 0 Å². The molecule has 0 radical (unpaired) electrons. The number of halogens is 1. The Morgan fingerprint density at radius 3 is 2.71 bits per heavy atom.